The molecule has 88 valence electrons. The zero-order valence-electron chi connectivity index (χ0n) is 9.30. The number of anilines is 3. The highest BCUT2D eigenvalue weighted by molar-refractivity contribution is 9.10. The molecule has 2 rings (SSSR count). The molecule has 0 bridgehead atoms. The number of hydrogen-bond acceptors (Lipinski definition) is 2. The lowest BCUT2D eigenvalue weighted by Gasteiger charge is -2.12. The second-order valence-electron chi connectivity index (χ2n) is 3.81. The summed E-state index contributed by atoms with van der Waals surface area (Å²) in [5.41, 5.74) is 9.42. The van der Waals surface area contributed by atoms with Gasteiger partial charge < -0.3 is 11.1 Å². The average Bonchev–Trinajstić information content (AvgIpc) is 2.30. The van der Waals surface area contributed by atoms with Crippen LogP contribution in [0.25, 0.3) is 0 Å². The van der Waals surface area contributed by atoms with Gasteiger partial charge in [-0.25, -0.2) is 0 Å². The summed E-state index contributed by atoms with van der Waals surface area (Å²) >= 11 is 9.47. The van der Waals surface area contributed by atoms with Crippen LogP contribution in [0.2, 0.25) is 5.02 Å². The van der Waals surface area contributed by atoms with E-state index in [4.69, 9.17) is 17.3 Å². The molecular formula is C13H12BrClN2. The number of rotatable bonds is 2. The van der Waals surface area contributed by atoms with Crippen molar-refractivity contribution in [2.24, 2.45) is 0 Å². The number of benzene rings is 2. The summed E-state index contributed by atoms with van der Waals surface area (Å²) in [5, 5.41) is 3.82. The zero-order valence-corrected chi connectivity index (χ0v) is 11.6. The molecule has 0 amide bonds. The third kappa shape index (κ3) is 2.73. The first kappa shape index (κ1) is 12.3. The quantitative estimate of drug-likeness (QED) is 0.786. The lowest BCUT2D eigenvalue weighted by Crippen LogP contribution is -1.97. The number of nitrogens with two attached hydrogens (primary N) is 1. The summed E-state index contributed by atoms with van der Waals surface area (Å²) in [6.45, 7) is 2.04. The molecule has 0 fully saturated rings. The van der Waals surface area contributed by atoms with Gasteiger partial charge in [-0.1, -0.05) is 23.7 Å². The Bertz CT molecular complexity index is 555. The molecule has 17 heavy (non-hydrogen) atoms. The second-order valence-corrected chi connectivity index (χ2v) is 5.07. The van der Waals surface area contributed by atoms with Gasteiger partial charge in [0, 0.05) is 4.47 Å². The van der Waals surface area contributed by atoms with Crippen molar-refractivity contribution in [1.82, 2.24) is 0 Å². The van der Waals surface area contributed by atoms with Crippen molar-refractivity contribution in [2.45, 2.75) is 6.92 Å². The molecule has 0 aromatic heterocycles. The lowest BCUT2D eigenvalue weighted by molar-refractivity contribution is 1.43. The van der Waals surface area contributed by atoms with E-state index < -0.39 is 0 Å². The first-order chi connectivity index (χ1) is 8.08. The van der Waals surface area contributed by atoms with E-state index in [0.717, 1.165) is 15.8 Å². The molecule has 0 atom stereocenters. The van der Waals surface area contributed by atoms with Crippen molar-refractivity contribution in [3.63, 3.8) is 0 Å². The summed E-state index contributed by atoms with van der Waals surface area (Å²) in [5.74, 6) is 0. The third-order valence-corrected chi connectivity index (χ3v) is 3.47. The minimum absolute atomic E-state index is 0.554. The predicted octanol–water partition coefficient (Wildman–Crippen LogP) is 4.74. The number of para-hydroxylation sites is 1. The normalized spacial score (nSPS) is 10.3. The van der Waals surface area contributed by atoms with Crippen LogP contribution in [-0.4, -0.2) is 0 Å². The fourth-order valence-electron chi connectivity index (χ4n) is 1.53. The van der Waals surface area contributed by atoms with Gasteiger partial charge in [0.2, 0.25) is 0 Å². The van der Waals surface area contributed by atoms with E-state index in [9.17, 15) is 0 Å². The van der Waals surface area contributed by atoms with Crippen molar-refractivity contribution in [2.75, 3.05) is 11.1 Å². The van der Waals surface area contributed by atoms with Crippen LogP contribution in [0.3, 0.4) is 0 Å². The molecule has 0 saturated carbocycles. The minimum Gasteiger partial charge on any atom is -0.396 e. The van der Waals surface area contributed by atoms with Crippen LogP contribution < -0.4 is 11.1 Å². The summed E-state index contributed by atoms with van der Waals surface area (Å²) in [6, 6.07) is 11.6. The summed E-state index contributed by atoms with van der Waals surface area (Å²) in [7, 11) is 0. The molecule has 0 radical (unpaired) electrons. The highest BCUT2D eigenvalue weighted by Crippen LogP contribution is 2.32. The highest BCUT2D eigenvalue weighted by Gasteiger charge is 2.05. The van der Waals surface area contributed by atoms with Crippen molar-refractivity contribution in [3.8, 4) is 0 Å². The van der Waals surface area contributed by atoms with Gasteiger partial charge >= 0.3 is 0 Å². The third-order valence-electron chi connectivity index (χ3n) is 2.44. The molecule has 2 nitrogen and oxygen atoms in total. The molecule has 4 heteroatoms. The Morgan fingerprint density at radius 2 is 1.94 bits per heavy atom. The maximum Gasteiger partial charge on any atom is 0.0742 e. The molecule has 0 unspecified atom stereocenters. The summed E-state index contributed by atoms with van der Waals surface area (Å²) in [4.78, 5) is 0. The van der Waals surface area contributed by atoms with Crippen LogP contribution in [-0.2, 0) is 0 Å². The SMILES string of the molecule is Cc1ccc(Br)c(Nc2cccc(Cl)c2N)c1. The topological polar surface area (TPSA) is 38.0 Å². The first-order valence-electron chi connectivity index (χ1n) is 5.15. The van der Waals surface area contributed by atoms with Crippen molar-refractivity contribution in [1.29, 1.82) is 0 Å². The molecule has 2 aromatic rings. The van der Waals surface area contributed by atoms with Crippen LogP contribution in [0, 0.1) is 6.92 Å². The Hall–Kier alpha value is -1.19. The first-order valence-corrected chi connectivity index (χ1v) is 6.32. The van der Waals surface area contributed by atoms with Crippen molar-refractivity contribution < 1.29 is 0 Å². The van der Waals surface area contributed by atoms with E-state index >= 15 is 0 Å². The van der Waals surface area contributed by atoms with Crippen LogP contribution in [0.5, 0.6) is 0 Å². The van der Waals surface area contributed by atoms with Crippen LogP contribution >= 0.6 is 27.5 Å². The highest BCUT2D eigenvalue weighted by atomic mass is 79.9. The van der Waals surface area contributed by atoms with Crippen LogP contribution in [0.1, 0.15) is 5.56 Å². The summed E-state index contributed by atoms with van der Waals surface area (Å²) in [6.07, 6.45) is 0. The van der Waals surface area contributed by atoms with Gasteiger partial charge in [0.1, 0.15) is 0 Å². The van der Waals surface area contributed by atoms with Crippen LogP contribution in [0.4, 0.5) is 17.1 Å². The van der Waals surface area contributed by atoms with E-state index in [0.29, 0.717) is 10.7 Å². The standard InChI is InChI=1S/C13H12BrClN2/c1-8-5-6-9(14)12(7-8)17-11-4-2-3-10(15)13(11)16/h2-7,17H,16H2,1H3. The summed E-state index contributed by atoms with van der Waals surface area (Å²) < 4.78 is 0.988. The second kappa shape index (κ2) is 4.98. The fourth-order valence-corrected chi connectivity index (χ4v) is 2.05. The van der Waals surface area contributed by atoms with E-state index in [1.165, 1.54) is 5.56 Å². The molecule has 0 spiro atoms. The van der Waals surface area contributed by atoms with Crippen molar-refractivity contribution >= 4 is 44.6 Å². The number of nitrogens with one attached hydrogen (secondary N) is 1. The smallest absolute Gasteiger partial charge is 0.0742 e. The molecule has 0 aliphatic rings. The monoisotopic (exact) mass is 310 g/mol. The number of hydrogen-bond donors (Lipinski definition) is 2. The number of nitrogen functional groups attached to an aromatic ring is 1. The Labute approximate surface area is 114 Å². The Balaban J connectivity index is 2.38. The predicted molar refractivity (Wildman–Crippen MR) is 78.0 cm³/mol. The molecular weight excluding hydrogens is 300 g/mol. The Kier molecular flexibility index (Phi) is 3.60. The van der Waals surface area contributed by atoms with Gasteiger partial charge in [0.15, 0.2) is 0 Å². The molecule has 3 N–H and O–H groups in total. The maximum absolute atomic E-state index is 5.97. The Morgan fingerprint density at radius 1 is 1.18 bits per heavy atom. The lowest BCUT2D eigenvalue weighted by atomic mass is 10.2. The maximum atomic E-state index is 5.97. The molecule has 0 aliphatic heterocycles. The minimum atomic E-state index is 0.554. The van der Waals surface area contributed by atoms with Crippen LogP contribution in [0.15, 0.2) is 40.9 Å². The number of aryl methyl sites for hydroxylation is 1. The fraction of sp³-hybridized carbons (Fsp3) is 0.0769. The van der Waals surface area contributed by atoms with Crippen molar-refractivity contribution in [3.05, 3.63) is 51.5 Å². The largest absolute Gasteiger partial charge is 0.396 e. The molecule has 0 aliphatic carbocycles. The van der Waals surface area contributed by atoms with E-state index in [2.05, 4.69) is 21.2 Å². The van der Waals surface area contributed by atoms with Gasteiger partial charge in [0.25, 0.3) is 0 Å². The average molecular weight is 312 g/mol. The molecule has 2 aromatic carbocycles. The Morgan fingerprint density at radius 3 is 2.71 bits per heavy atom. The van der Waals surface area contributed by atoms with E-state index in [-0.39, 0.29) is 0 Å². The van der Waals surface area contributed by atoms with Gasteiger partial charge in [-0.3, -0.25) is 0 Å². The molecule has 0 saturated heterocycles. The van der Waals surface area contributed by atoms with E-state index in [1.54, 1.807) is 6.07 Å². The van der Waals surface area contributed by atoms with Gasteiger partial charge in [-0.05, 0) is 52.7 Å². The number of halogens is 2. The van der Waals surface area contributed by atoms with Gasteiger partial charge in [-0.2, -0.15) is 0 Å². The van der Waals surface area contributed by atoms with E-state index in [1.807, 2.05) is 37.3 Å². The van der Waals surface area contributed by atoms with Gasteiger partial charge in [-0.15, -0.1) is 0 Å². The molecule has 0 heterocycles. The van der Waals surface area contributed by atoms with Gasteiger partial charge in [0.05, 0.1) is 22.1 Å². The zero-order chi connectivity index (χ0) is 12.4.